The van der Waals surface area contributed by atoms with Crippen LogP contribution in [0.15, 0.2) is 12.2 Å². The van der Waals surface area contributed by atoms with Crippen molar-refractivity contribution in [2.75, 3.05) is 0 Å². The van der Waals surface area contributed by atoms with E-state index < -0.39 is 11.9 Å². The Hall–Kier alpha value is -1.32. The zero-order valence-corrected chi connectivity index (χ0v) is 8.96. The molecule has 14 heavy (non-hydrogen) atoms. The Morgan fingerprint density at radius 2 is 1.93 bits per heavy atom. The molecule has 0 saturated carbocycles. The van der Waals surface area contributed by atoms with Crippen molar-refractivity contribution in [1.82, 2.24) is 5.32 Å². The van der Waals surface area contributed by atoms with E-state index in [1.54, 1.807) is 6.92 Å². The summed E-state index contributed by atoms with van der Waals surface area (Å²) >= 11 is 0. The molecule has 0 aromatic heterocycles. The van der Waals surface area contributed by atoms with E-state index in [0.717, 1.165) is 0 Å². The van der Waals surface area contributed by atoms with Gasteiger partial charge in [0, 0.05) is 5.57 Å². The van der Waals surface area contributed by atoms with Gasteiger partial charge in [-0.1, -0.05) is 20.4 Å². The lowest BCUT2D eigenvalue weighted by molar-refractivity contribution is -0.125. The molecule has 0 fully saturated rings. The fourth-order valence-corrected chi connectivity index (χ4v) is 0.999. The van der Waals surface area contributed by atoms with Gasteiger partial charge in [0.05, 0.1) is 0 Å². The Labute approximate surface area is 84.5 Å². The maximum atomic E-state index is 11.2. The van der Waals surface area contributed by atoms with Crippen molar-refractivity contribution in [2.45, 2.75) is 33.2 Å². The van der Waals surface area contributed by atoms with E-state index in [4.69, 9.17) is 5.73 Å². The Morgan fingerprint density at radius 1 is 1.43 bits per heavy atom. The summed E-state index contributed by atoms with van der Waals surface area (Å²) in [4.78, 5) is 22.2. The Balaban J connectivity index is 4.31. The number of amides is 2. The first kappa shape index (κ1) is 12.7. The van der Waals surface area contributed by atoms with E-state index in [-0.39, 0.29) is 5.91 Å². The summed E-state index contributed by atoms with van der Waals surface area (Å²) in [6.45, 7) is 8.99. The molecule has 0 rings (SSSR count). The summed E-state index contributed by atoms with van der Waals surface area (Å²) in [6, 6.07) is -0.598. The molecule has 0 heterocycles. The second-order valence-corrected chi connectivity index (χ2v) is 3.84. The van der Waals surface area contributed by atoms with Gasteiger partial charge in [-0.15, -0.1) is 0 Å². The highest BCUT2D eigenvalue weighted by molar-refractivity contribution is 5.95. The molecule has 1 atom stereocenters. The van der Waals surface area contributed by atoms with Crippen LogP contribution in [0.3, 0.4) is 0 Å². The van der Waals surface area contributed by atoms with Crippen LogP contribution in [0, 0.1) is 5.92 Å². The van der Waals surface area contributed by atoms with E-state index in [1.807, 2.05) is 13.8 Å². The Morgan fingerprint density at radius 3 is 2.21 bits per heavy atom. The lowest BCUT2D eigenvalue weighted by atomic mass is 10.0. The summed E-state index contributed by atoms with van der Waals surface area (Å²) < 4.78 is 0. The fourth-order valence-electron chi connectivity index (χ4n) is 0.999. The lowest BCUT2D eigenvalue weighted by Crippen LogP contribution is -2.45. The van der Waals surface area contributed by atoms with Crippen molar-refractivity contribution < 1.29 is 9.59 Å². The zero-order valence-electron chi connectivity index (χ0n) is 8.96. The highest BCUT2D eigenvalue weighted by atomic mass is 16.2. The number of hydrogen-bond acceptors (Lipinski definition) is 2. The number of rotatable bonds is 5. The molecule has 4 nitrogen and oxygen atoms in total. The highest BCUT2D eigenvalue weighted by Crippen LogP contribution is 2.04. The first-order valence-corrected chi connectivity index (χ1v) is 4.60. The van der Waals surface area contributed by atoms with Crippen molar-refractivity contribution >= 4 is 11.8 Å². The first-order valence-electron chi connectivity index (χ1n) is 4.60. The SMILES string of the molecule is C=C(C)C(=O)NC(CC(C)C)C(N)=O. The Bertz CT molecular complexity index is 247. The van der Waals surface area contributed by atoms with Crippen LogP contribution in [0.2, 0.25) is 0 Å². The Kier molecular flexibility index (Phi) is 4.91. The molecule has 1 unspecified atom stereocenters. The number of nitrogens with two attached hydrogens (primary N) is 1. The lowest BCUT2D eigenvalue weighted by Gasteiger charge is -2.17. The van der Waals surface area contributed by atoms with Gasteiger partial charge >= 0.3 is 0 Å². The molecule has 0 aromatic carbocycles. The van der Waals surface area contributed by atoms with E-state index in [0.29, 0.717) is 17.9 Å². The van der Waals surface area contributed by atoms with Crippen molar-refractivity contribution in [3.63, 3.8) is 0 Å². The van der Waals surface area contributed by atoms with Gasteiger partial charge in [-0.05, 0) is 19.3 Å². The first-order chi connectivity index (χ1) is 6.34. The van der Waals surface area contributed by atoms with E-state index >= 15 is 0 Å². The molecule has 0 spiro atoms. The summed E-state index contributed by atoms with van der Waals surface area (Å²) in [6.07, 6.45) is 0.550. The minimum Gasteiger partial charge on any atom is -0.368 e. The van der Waals surface area contributed by atoms with Gasteiger partial charge in [0.1, 0.15) is 6.04 Å². The average Bonchev–Trinajstić information content (AvgIpc) is 2.01. The molecular formula is C10H18N2O2. The van der Waals surface area contributed by atoms with Crippen LogP contribution in [-0.4, -0.2) is 17.9 Å². The van der Waals surface area contributed by atoms with Crippen LogP contribution in [-0.2, 0) is 9.59 Å². The predicted molar refractivity (Wildman–Crippen MR) is 55.4 cm³/mol. The largest absolute Gasteiger partial charge is 0.368 e. The van der Waals surface area contributed by atoms with Crippen molar-refractivity contribution in [3.8, 4) is 0 Å². The van der Waals surface area contributed by atoms with Crippen LogP contribution >= 0.6 is 0 Å². The molecule has 0 bridgehead atoms. The third-order valence-corrected chi connectivity index (χ3v) is 1.74. The number of hydrogen-bond donors (Lipinski definition) is 2. The highest BCUT2D eigenvalue weighted by Gasteiger charge is 2.19. The van der Waals surface area contributed by atoms with Crippen LogP contribution in [0.5, 0.6) is 0 Å². The van der Waals surface area contributed by atoms with Gasteiger partial charge in [0.15, 0.2) is 0 Å². The number of carbonyl (C=O) groups excluding carboxylic acids is 2. The van der Waals surface area contributed by atoms with E-state index in [9.17, 15) is 9.59 Å². The standard InChI is InChI=1S/C10H18N2O2/c1-6(2)5-8(9(11)13)12-10(14)7(3)4/h6,8H,3,5H2,1-2,4H3,(H2,11,13)(H,12,14). The quantitative estimate of drug-likeness (QED) is 0.634. The molecule has 0 aliphatic carbocycles. The summed E-state index contributed by atoms with van der Waals surface area (Å²) in [5.41, 5.74) is 5.53. The minimum atomic E-state index is -0.598. The van der Waals surface area contributed by atoms with Gasteiger partial charge in [0.25, 0.3) is 0 Å². The number of nitrogens with one attached hydrogen (secondary N) is 1. The molecule has 0 saturated heterocycles. The second-order valence-electron chi connectivity index (χ2n) is 3.84. The van der Waals surface area contributed by atoms with Crippen molar-refractivity contribution in [2.24, 2.45) is 11.7 Å². The third kappa shape index (κ3) is 4.64. The maximum Gasteiger partial charge on any atom is 0.246 e. The third-order valence-electron chi connectivity index (χ3n) is 1.74. The number of carbonyl (C=O) groups is 2. The average molecular weight is 198 g/mol. The topological polar surface area (TPSA) is 72.2 Å². The molecule has 0 radical (unpaired) electrons. The van der Waals surface area contributed by atoms with Gasteiger partial charge < -0.3 is 11.1 Å². The van der Waals surface area contributed by atoms with Crippen molar-refractivity contribution in [1.29, 1.82) is 0 Å². The maximum absolute atomic E-state index is 11.2. The molecule has 0 aliphatic heterocycles. The van der Waals surface area contributed by atoms with Gasteiger partial charge in [-0.3, -0.25) is 9.59 Å². The molecule has 4 heteroatoms. The van der Waals surface area contributed by atoms with Gasteiger partial charge in [0.2, 0.25) is 11.8 Å². The predicted octanol–water partition coefficient (Wildman–Crippen LogP) is 0.579. The van der Waals surface area contributed by atoms with Crippen LogP contribution in [0.1, 0.15) is 27.2 Å². The number of primary amides is 1. The molecule has 2 amide bonds. The van der Waals surface area contributed by atoms with E-state index in [2.05, 4.69) is 11.9 Å². The minimum absolute atomic E-state index is 0.304. The normalized spacial score (nSPS) is 12.3. The summed E-state index contributed by atoms with van der Waals surface area (Å²) in [5.74, 6) is -0.527. The van der Waals surface area contributed by atoms with Crippen LogP contribution < -0.4 is 11.1 Å². The van der Waals surface area contributed by atoms with Gasteiger partial charge in [-0.25, -0.2) is 0 Å². The molecule has 0 aliphatic rings. The van der Waals surface area contributed by atoms with Gasteiger partial charge in [-0.2, -0.15) is 0 Å². The molecule has 0 aromatic rings. The summed E-state index contributed by atoms with van der Waals surface area (Å²) in [7, 11) is 0. The van der Waals surface area contributed by atoms with Crippen LogP contribution in [0.4, 0.5) is 0 Å². The smallest absolute Gasteiger partial charge is 0.246 e. The fraction of sp³-hybridized carbons (Fsp3) is 0.600. The van der Waals surface area contributed by atoms with Crippen molar-refractivity contribution in [3.05, 3.63) is 12.2 Å². The molecule has 80 valence electrons. The molecular weight excluding hydrogens is 180 g/mol. The van der Waals surface area contributed by atoms with Crippen LogP contribution in [0.25, 0.3) is 0 Å². The monoisotopic (exact) mass is 198 g/mol. The zero-order chi connectivity index (χ0) is 11.3. The molecule has 3 N–H and O–H groups in total. The second kappa shape index (κ2) is 5.42. The van der Waals surface area contributed by atoms with E-state index in [1.165, 1.54) is 0 Å². The summed E-state index contributed by atoms with van der Waals surface area (Å²) in [5, 5.41) is 2.53.